The van der Waals surface area contributed by atoms with Crippen LogP contribution in [-0.4, -0.2) is 35.2 Å². The molecule has 1 aliphatic rings. The van der Waals surface area contributed by atoms with Crippen LogP contribution in [0.25, 0.3) is 10.9 Å². The molecule has 0 saturated carbocycles. The lowest BCUT2D eigenvalue weighted by atomic mass is 10.1. The van der Waals surface area contributed by atoms with Crippen molar-refractivity contribution in [3.8, 4) is 11.5 Å². The first-order chi connectivity index (χ1) is 14.8. The Kier molecular flexibility index (Phi) is 5.93. The third-order valence-corrected chi connectivity index (χ3v) is 6.24. The summed E-state index contributed by atoms with van der Waals surface area (Å²) in [5, 5.41) is 16.2. The number of nitrogens with one attached hydrogen (secondary N) is 1. The highest BCUT2D eigenvalue weighted by atomic mass is 32.2. The average Bonchev–Trinajstić information content (AvgIpc) is 3.28. The molecule has 0 spiro atoms. The molecule has 6 nitrogen and oxygen atoms in total. The first-order valence-electron chi connectivity index (χ1n) is 9.17. The van der Waals surface area contributed by atoms with E-state index in [1.807, 2.05) is 13.8 Å². The van der Waals surface area contributed by atoms with E-state index in [-0.39, 0.29) is 5.39 Å². The molecule has 13 heteroatoms. The summed E-state index contributed by atoms with van der Waals surface area (Å²) in [6, 6.07) is 3.42. The predicted molar refractivity (Wildman–Crippen MR) is 101 cm³/mol. The summed E-state index contributed by atoms with van der Waals surface area (Å²) in [5.41, 5.74) is -7.26. The van der Waals surface area contributed by atoms with Gasteiger partial charge in [0.1, 0.15) is 11.9 Å². The summed E-state index contributed by atoms with van der Waals surface area (Å²) >= 11 is 0. The second kappa shape index (κ2) is 7.96. The van der Waals surface area contributed by atoms with Gasteiger partial charge in [-0.1, -0.05) is 13.8 Å². The van der Waals surface area contributed by atoms with Crippen molar-refractivity contribution in [2.24, 2.45) is 0 Å². The van der Waals surface area contributed by atoms with Crippen LogP contribution < -0.4 is 4.74 Å². The molecule has 0 aliphatic heterocycles. The van der Waals surface area contributed by atoms with Gasteiger partial charge in [0.15, 0.2) is 11.6 Å². The van der Waals surface area contributed by atoms with Crippen LogP contribution in [0.15, 0.2) is 35.4 Å². The van der Waals surface area contributed by atoms with Gasteiger partial charge in [0.2, 0.25) is 0 Å². The molecule has 0 radical (unpaired) electrons. The molecule has 1 aromatic heterocycles. The number of H-pyrrole nitrogens is 1. The van der Waals surface area contributed by atoms with Crippen LogP contribution in [0.4, 0.5) is 26.3 Å². The van der Waals surface area contributed by atoms with Gasteiger partial charge in [-0.3, -0.25) is 5.10 Å². The Balaban J connectivity index is 0.00000141. The van der Waals surface area contributed by atoms with E-state index in [4.69, 9.17) is 4.74 Å². The molecule has 0 fully saturated rings. The number of alkyl halides is 5. The van der Waals surface area contributed by atoms with E-state index >= 15 is 0 Å². The predicted octanol–water partition coefficient (Wildman–Crippen LogP) is 5.04. The molecular weight excluding hydrogens is 466 g/mol. The smallest absolute Gasteiger partial charge is 0.453 e. The first kappa shape index (κ1) is 23.9. The Morgan fingerprint density at radius 3 is 2.47 bits per heavy atom. The van der Waals surface area contributed by atoms with Crippen LogP contribution in [0.2, 0.25) is 0 Å². The number of aromatic nitrogens is 2. The summed E-state index contributed by atoms with van der Waals surface area (Å²) in [6.07, 6.45) is -2.94. The number of nitrogens with zero attached hydrogens (tertiary/aromatic N) is 1. The van der Waals surface area contributed by atoms with E-state index in [2.05, 4.69) is 10.2 Å². The van der Waals surface area contributed by atoms with E-state index in [1.54, 1.807) is 0 Å². The van der Waals surface area contributed by atoms with E-state index in [9.17, 15) is 39.9 Å². The summed E-state index contributed by atoms with van der Waals surface area (Å²) in [4.78, 5) is -1.51. The van der Waals surface area contributed by atoms with Gasteiger partial charge in [-0.2, -0.15) is 18.3 Å². The van der Waals surface area contributed by atoms with Crippen LogP contribution in [0.3, 0.4) is 0 Å². The van der Waals surface area contributed by atoms with Crippen molar-refractivity contribution >= 4 is 20.7 Å². The van der Waals surface area contributed by atoms with Crippen molar-refractivity contribution in [2.45, 2.75) is 42.7 Å². The maximum absolute atomic E-state index is 14.3. The highest BCUT2D eigenvalue weighted by Crippen LogP contribution is 2.51. The lowest BCUT2D eigenvalue weighted by Crippen LogP contribution is -2.26. The second-order valence-corrected chi connectivity index (χ2v) is 8.46. The Morgan fingerprint density at radius 2 is 1.84 bits per heavy atom. The van der Waals surface area contributed by atoms with Crippen LogP contribution in [0.1, 0.15) is 31.1 Å². The third kappa shape index (κ3) is 3.68. The minimum atomic E-state index is -6.05. The molecule has 174 valence electrons. The maximum atomic E-state index is 14.3. The summed E-state index contributed by atoms with van der Waals surface area (Å²) in [6.45, 7) is 4.00. The second-order valence-electron chi connectivity index (χ2n) is 6.55. The van der Waals surface area contributed by atoms with Gasteiger partial charge >= 0.3 is 5.51 Å². The SMILES string of the molecule is CC.O=S(=O)(c1ccc(Oc2c(F)ccc3[nH]ncc23)c2c1C(O)C(F)(F)C2)C(F)(F)F. The molecule has 1 unspecified atom stereocenters. The topological polar surface area (TPSA) is 92.3 Å². The van der Waals surface area contributed by atoms with E-state index in [0.717, 1.165) is 6.07 Å². The number of ether oxygens (including phenoxy) is 1. The number of rotatable bonds is 3. The number of hydrogen-bond donors (Lipinski definition) is 2. The van der Waals surface area contributed by atoms with Crippen molar-refractivity contribution in [3.63, 3.8) is 0 Å². The number of halogens is 6. The van der Waals surface area contributed by atoms with Crippen molar-refractivity contribution in [2.75, 3.05) is 0 Å². The third-order valence-electron chi connectivity index (χ3n) is 4.69. The number of aliphatic hydroxyl groups excluding tert-OH is 1. The van der Waals surface area contributed by atoms with Crippen LogP contribution in [0.5, 0.6) is 11.5 Å². The normalized spacial score (nSPS) is 17.6. The fourth-order valence-corrected chi connectivity index (χ4v) is 4.30. The zero-order valence-corrected chi connectivity index (χ0v) is 17.3. The number of benzene rings is 2. The van der Waals surface area contributed by atoms with Crippen molar-refractivity contribution in [1.82, 2.24) is 10.2 Å². The minimum absolute atomic E-state index is 0.112. The minimum Gasteiger partial charge on any atom is -0.453 e. The quantitative estimate of drug-likeness (QED) is 0.511. The molecule has 1 heterocycles. The number of aromatic amines is 1. The summed E-state index contributed by atoms with van der Waals surface area (Å²) in [7, 11) is -6.05. The Hall–Kier alpha value is -2.80. The fraction of sp³-hybridized carbons (Fsp3) is 0.316. The monoisotopic (exact) mass is 482 g/mol. The highest BCUT2D eigenvalue weighted by molar-refractivity contribution is 7.92. The molecule has 1 atom stereocenters. The molecule has 1 aliphatic carbocycles. The Morgan fingerprint density at radius 1 is 1.19 bits per heavy atom. The molecule has 32 heavy (non-hydrogen) atoms. The Labute approximate surface area is 177 Å². The van der Waals surface area contributed by atoms with Gasteiger partial charge in [0.05, 0.1) is 22.0 Å². The van der Waals surface area contributed by atoms with Gasteiger partial charge in [0, 0.05) is 17.5 Å². The number of sulfone groups is 1. The van der Waals surface area contributed by atoms with Gasteiger partial charge < -0.3 is 9.84 Å². The number of hydrogen-bond acceptors (Lipinski definition) is 5. The zero-order chi connectivity index (χ0) is 24.1. The molecule has 2 N–H and O–H groups in total. The standard InChI is InChI=1S/C17H10F6N2O4S.C2H6/c18-9-1-2-10-8(6-24-25-10)14(9)29-11-3-4-12(30(27,28)17(21,22)23)13-7(11)5-16(19,20)15(13)26;1-2/h1-4,6,15,26H,5H2,(H,24,25);1-2H3. The molecule has 0 saturated heterocycles. The van der Waals surface area contributed by atoms with Gasteiger partial charge in [-0.05, 0) is 24.3 Å². The molecule has 2 aromatic carbocycles. The van der Waals surface area contributed by atoms with E-state index < -0.39 is 67.1 Å². The average molecular weight is 482 g/mol. The number of aliphatic hydroxyl groups is 1. The van der Waals surface area contributed by atoms with Crippen molar-refractivity contribution in [3.05, 3.63) is 47.4 Å². The van der Waals surface area contributed by atoms with Crippen LogP contribution in [0, 0.1) is 5.82 Å². The largest absolute Gasteiger partial charge is 0.501 e. The highest BCUT2D eigenvalue weighted by Gasteiger charge is 2.55. The molecular formula is C19H16F6N2O4S. The molecule has 4 rings (SSSR count). The number of fused-ring (bicyclic) bond motifs is 2. The van der Waals surface area contributed by atoms with Crippen LogP contribution >= 0.6 is 0 Å². The van der Waals surface area contributed by atoms with Crippen molar-refractivity contribution < 1.29 is 44.6 Å². The van der Waals surface area contributed by atoms with Crippen molar-refractivity contribution in [1.29, 1.82) is 0 Å². The Bertz CT molecular complexity index is 1270. The molecule has 0 bridgehead atoms. The zero-order valence-electron chi connectivity index (χ0n) is 16.5. The van der Waals surface area contributed by atoms with Gasteiger partial charge in [-0.25, -0.2) is 21.6 Å². The summed E-state index contributed by atoms with van der Waals surface area (Å²) < 4.78 is 111. The molecule has 0 amide bonds. The van der Waals surface area contributed by atoms with Crippen LogP contribution in [-0.2, 0) is 16.3 Å². The van der Waals surface area contributed by atoms with E-state index in [1.165, 1.54) is 12.3 Å². The lowest BCUT2D eigenvalue weighted by molar-refractivity contribution is -0.0978. The van der Waals surface area contributed by atoms with Gasteiger partial charge in [-0.15, -0.1) is 0 Å². The van der Waals surface area contributed by atoms with Gasteiger partial charge in [0.25, 0.3) is 15.8 Å². The lowest BCUT2D eigenvalue weighted by Gasteiger charge is -2.18. The van der Waals surface area contributed by atoms with E-state index in [0.29, 0.717) is 17.6 Å². The summed E-state index contributed by atoms with van der Waals surface area (Å²) in [5.74, 6) is -5.86. The first-order valence-corrected chi connectivity index (χ1v) is 10.7. The fourth-order valence-electron chi connectivity index (χ4n) is 3.28. The maximum Gasteiger partial charge on any atom is 0.501 e. The molecule has 3 aromatic rings.